The summed E-state index contributed by atoms with van der Waals surface area (Å²) in [4.78, 5) is 2.22. The van der Waals surface area contributed by atoms with E-state index in [-0.39, 0.29) is 11.1 Å². The van der Waals surface area contributed by atoms with Crippen molar-refractivity contribution in [1.29, 1.82) is 0 Å². The van der Waals surface area contributed by atoms with Crippen molar-refractivity contribution in [3.05, 3.63) is 23.0 Å². The predicted octanol–water partition coefficient (Wildman–Crippen LogP) is 2.57. The Labute approximate surface area is 106 Å². The molecular weight excluding hydrogens is 241 g/mol. The molecule has 1 fully saturated rings. The first-order valence-corrected chi connectivity index (χ1v) is 6.14. The number of nitrogen functional groups attached to an aromatic ring is 1. The van der Waals surface area contributed by atoms with Gasteiger partial charge in [-0.25, -0.2) is 4.39 Å². The van der Waals surface area contributed by atoms with Crippen LogP contribution in [0.25, 0.3) is 0 Å². The standard InChI is InChI=1S/C12H17ClFN3/c1-17-6-2-3-8(7-17)16-12-10(15)5-4-9(13)11(12)14/h4-5,8,16H,2-3,6-7,15H2,1H3. The van der Waals surface area contributed by atoms with Gasteiger partial charge >= 0.3 is 0 Å². The summed E-state index contributed by atoms with van der Waals surface area (Å²) in [6.07, 6.45) is 2.13. The molecule has 3 N–H and O–H groups in total. The molecule has 1 aliphatic rings. The van der Waals surface area contributed by atoms with E-state index in [4.69, 9.17) is 17.3 Å². The third-order valence-electron chi connectivity index (χ3n) is 3.10. The van der Waals surface area contributed by atoms with E-state index in [0.29, 0.717) is 11.4 Å². The zero-order valence-corrected chi connectivity index (χ0v) is 10.6. The van der Waals surface area contributed by atoms with E-state index in [1.165, 1.54) is 6.07 Å². The molecule has 94 valence electrons. The number of nitrogens with zero attached hydrogens (tertiary/aromatic N) is 1. The minimum absolute atomic E-state index is 0.103. The molecule has 0 amide bonds. The van der Waals surface area contributed by atoms with Gasteiger partial charge in [-0.2, -0.15) is 0 Å². The smallest absolute Gasteiger partial charge is 0.166 e. The molecule has 1 saturated heterocycles. The molecule has 0 aromatic heterocycles. The van der Waals surface area contributed by atoms with Gasteiger partial charge in [0.05, 0.1) is 16.4 Å². The molecule has 0 radical (unpaired) electrons. The highest BCUT2D eigenvalue weighted by molar-refractivity contribution is 6.31. The first kappa shape index (κ1) is 12.5. The average molecular weight is 258 g/mol. The molecule has 1 aliphatic heterocycles. The first-order valence-electron chi connectivity index (χ1n) is 5.76. The van der Waals surface area contributed by atoms with E-state index in [1.807, 2.05) is 0 Å². The Kier molecular flexibility index (Phi) is 3.74. The van der Waals surface area contributed by atoms with Gasteiger partial charge in [0.1, 0.15) is 0 Å². The van der Waals surface area contributed by atoms with Crippen LogP contribution in [-0.2, 0) is 0 Å². The lowest BCUT2D eigenvalue weighted by molar-refractivity contribution is 0.260. The van der Waals surface area contributed by atoms with Crippen molar-refractivity contribution in [3.8, 4) is 0 Å². The minimum atomic E-state index is -0.458. The summed E-state index contributed by atoms with van der Waals surface area (Å²) >= 11 is 5.75. The summed E-state index contributed by atoms with van der Waals surface area (Å²) in [5.41, 5.74) is 6.50. The maximum atomic E-state index is 13.8. The van der Waals surface area contributed by atoms with Crippen LogP contribution in [0.3, 0.4) is 0 Å². The number of likely N-dealkylation sites (N-methyl/N-ethyl adjacent to an activating group) is 1. The Bertz CT molecular complexity index is 411. The molecule has 0 spiro atoms. The second kappa shape index (κ2) is 5.10. The zero-order chi connectivity index (χ0) is 12.4. The average Bonchev–Trinajstić information content (AvgIpc) is 2.30. The van der Waals surface area contributed by atoms with E-state index in [0.717, 1.165) is 25.9 Å². The highest BCUT2D eigenvalue weighted by Gasteiger charge is 2.20. The zero-order valence-electron chi connectivity index (χ0n) is 9.84. The van der Waals surface area contributed by atoms with Gasteiger partial charge in [-0.15, -0.1) is 0 Å². The summed E-state index contributed by atoms with van der Waals surface area (Å²) in [6.45, 7) is 1.98. The van der Waals surface area contributed by atoms with Crippen molar-refractivity contribution in [2.24, 2.45) is 0 Å². The van der Waals surface area contributed by atoms with Gasteiger partial charge < -0.3 is 16.0 Å². The van der Waals surface area contributed by atoms with Crippen LogP contribution < -0.4 is 11.1 Å². The lowest BCUT2D eigenvalue weighted by atomic mass is 10.1. The quantitative estimate of drug-likeness (QED) is 0.800. The lowest BCUT2D eigenvalue weighted by Gasteiger charge is -2.31. The van der Waals surface area contributed by atoms with E-state index < -0.39 is 5.82 Å². The number of benzene rings is 1. The highest BCUT2D eigenvalue weighted by atomic mass is 35.5. The maximum absolute atomic E-state index is 13.8. The number of piperidine rings is 1. The molecule has 1 heterocycles. The molecule has 0 aliphatic carbocycles. The van der Waals surface area contributed by atoms with Gasteiger partial charge in [0.2, 0.25) is 0 Å². The Hall–Kier alpha value is -1.000. The number of anilines is 2. The normalized spacial score (nSPS) is 21.5. The summed E-state index contributed by atoms with van der Waals surface area (Å²) in [5, 5.41) is 3.27. The molecule has 1 aromatic carbocycles. The fourth-order valence-electron chi connectivity index (χ4n) is 2.20. The van der Waals surface area contributed by atoms with Crippen molar-refractivity contribution in [2.45, 2.75) is 18.9 Å². The Morgan fingerprint density at radius 2 is 2.29 bits per heavy atom. The molecular formula is C12H17ClFN3. The van der Waals surface area contributed by atoms with Crippen molar-refractivity contribution in [1.82, 2.24) is 4.90 Å². The second-order valence-corrected chi connectivity index (χ2v) is 4.98. The summed E-state index contributed by atoms with van der Waals surface area (Å²) in [7, 11) is 2.06. The van der Waals surface area contributed by atoms with Crippen LogP contribution in [0.2, 0.25) is 5.02 Å². The van der Waals surface area contributed by atoms with Gasteiger partial charge in [0.25, 0.3) is 0 Å². The second-order valence-electron chi connectivity index (χ2n) is 4.57. The van der Waals surface area contributed by atoms with Crippen LogP contribution >= 0.6 is 11.6 Å². The maximum Gasteiger partial charge on any atom is 0.166 e. The third kappa shape index (κ3) is 2.82. The van der Waals surface area contributed by atoms with E-state index in [1.54, 1.807) is 6.07 Å². The van der Waals surface area contributed by atoms with Crippen molar-refractivity contribution < 1.29 is 4.39 Å². The number of nitrogens with one attached hydrogen (secondary N) is 1. The van der Waals surface area contributed by atoms with Crippen LogP contribution in [-0.4, -0.2) is 31.1 Å². The molecule has 17 heavy (non-hydrogen) atoms. The van der Waals surface area contributed by atoms with Gasteiger partial charge in [-0.05, 0) is 38.6 Å². The number of likely N-dealkylation sites (tertiary alicyclic amines) is 1. The number of rotatable bonds is 2. The lowest BCUT2D eigenvalue weighted by Crippen LogP contribution is -2.40. The van der Waals surface area contributed by atoms with Gasteiger partial charge in [0.15, 0.2) is 5.82 Å². The summed E-state index contributed by atoms with van der Waals surface area (Å²) in [5.74, 6) is -0.458. The summed E-state index contributed by atoms with van der Waals surface area (Å²) in [6, 6.07) is 3.33. The fourth-order valence-corrected chi connectivity index (χ4v) is 2.36. The fraction of sp³-hybridized carbons (Fsp3) is 0.500. The molecule has 1 atom stereocenters. The van der Waals surface area contributed by atoms with Crippen LogP contribution in [0.4, 0.5) is 15.8 Å². The van der Waals surface area contributed by atoms with Gasteiger partial charge in [-0.1, -0.05) is 11.6 Å². The van der Waals surface area contributed by atoms with Crippen molar-refractivity contribution in [3.63, 3.8) is 0 Å². The van der Waals surface area contributed by atoms with Crippen LogP contribution in [0, 0.1) is 5.82 Å². The molecule has 3 nitrogen and oxygen atoms in total. The molecule has 1 unspecified atom stereocenters. The van der Waals surface area contributed by atoms with Crippen molar-refractivity contribution in [2.75, 3.05) is 31.2 Å². The molecule has 0 bridgehead atoms. The van der Waals surface area contributed by atoms with Gasteiger partial charge in [0, 0.05) is 12.6 Å². The molecule has 1 aromatic rings. The third-order valence-corrected chi connectivity index (χ3v) is 3.39. The number of halogens is 2. The van der Waals surface area contributed by atoms with Gasteiger partial charge in [-0.3, -0.25) is 0 Å². The molecule has 2 rings (SSSR count). The minimum Gasteiger partial charge on any atom is -0.397 e. The topological polar surface area (TPSA) is 41.3 Å². The summed E-state index contributed by atoms with van der Waals surface area (Å²) < 4.78 is 13.8. The van der Waals surface area contributed by atoms with Crippen LogP contribution in [0.15, 0.2) is 12.1 Å². The van der Waals surface area contributed by atoms with Crippen LogP contribution in [0.5, 0.6) is 0 Å². The highest BCUT2D eigenvalue weighted by Crippen LogP contribution is 2.29. The van der Waals surface area contributed by atoms with Crippen molar-refractivity contribution >= 4 is 23.0 Å². The number of hydrogen-bond acceptors (Lipinski definition) is 3. The number of nitrogens with two attached hydrogens (primary N) is 1. The predicted molar refractivity (Wildman–Crippen MR) is 70.0 cm³/mol. The Morgan fingerprint density at radius 1 is 1.53 bits per heavy atom. The molecule has 5 heteroatoms. The van der Waals surface area contributed by atoms with E-state index in [2.05, 4.69) is 17.3 Å². The van der Waals surface area contributed by atoms with E-state index in [9.17, 15) is 4.39 Å². The Morgan fingerprint density at radius 3 is 3.00 bits per heavy atom. The largest absolute Gasteiger partial charge is 0.397 e. The van der Waals surface area contributed by atoms with Crippen LogP contribution in [0.1, 0.15) is 12.8 Å². The Balaban J connectivity index is 2.15. The SMILES string of the molecule is CN1CCCC(Nc2c(N)ccc(Cl)c2F)C1. The first-order chi connectivity index (χ1) is 8.08. The van der Waals surface area contributed by atoms with E-state index >= 15 is 0 Å². The number of hydrogen-bond donors (Lipinski definition) is 2. The monoisotopic (exact) mass is 257 g/mol. The molecule has 0 saturated carbocycles.